The van der Waals surface area contributed by atoms with Crippen molar-refractivity contribution in [2.24, 2.45) is 0 Å². The number of fused-ring (bicyclic) bond motifs is 1. The van der Waals surface area contributed by atoms with Crippen molar-refractivity contribution in [3.05, 3.63) is 34.3 Å². The number of imidazole rings is 1. The highest BCUT2D eigenvalue weighted by molar-refractivity contribution is 5.76. The van der Waals surface area contributed by atoms with E-state index < -0.39 is 11.6 Å². The SMILES string of the molecule is O=c1n(CCN2CCOCC2)c2cc(F)c(F)cc2n1C1CCNCC1. The van der Waals surface area contributed by atoms with Crippen LogP contribution >= 0.6 is 0 Å². The van der Waals surface area contributed by atoms with Gasteiger partial charge in [-0.1, -0.05) is 0 Å². The summed E-state index contributed by atoms with van der Waals surface area (Å²) in [5, 5.41) is 3.27. The summed E-state index contributed by atoms with van der Waals surface area (Å²) in [6.45, 7) is 5.81. The predicted octanol–water partition coefficient (Wildman–Crippen LogP) is 1.34. The number of benzene rings is 1. The molecule has 2 fully saturated rings. The third kappa shape index (κ3) is 3.28. The van der Waals surface area contributed by atoms with E-state index in [4.69, 9.17) is 4.74 Å². The molecule has 2 aromatic rings. The number of aromatic nitrogens is 2. The van der Waals surface area contributed by atoms with E-state index in [-0.39, 0.29) is 11.7 Å². The van der Waals surface area contributed by atoms with E-state index in [9.17, 15) is 13.6 Å². The average molecular weight is 366 g/mol. The van der Waals surface area contributed by atoms with E-state index in [0.29, 0.717) is 37.3 Å². The smallest absolute Gasteiger partial charge is 0.329 e. The first-order valence-corrected chi connectivity index (χ1v) is 9.26. The highest BCUT2D eigenvalue weighted by Crippen LogP contribution is 2.25. The van der Waals surface area contributed by atoms with Crippen LogP contribution < -0.4 is 11.0 Å². The Balaban J connectivity index is 1.72. The number of nitrogens with one attached hydrogen (secondary N) is 1. The van der Waals surface area contributed by atoms with Crippen LogP contribution in [0.2, 0.25) is 0 Å². The first kappa shape index (κ1) is 17.6. The highest BCUT2D eigenvalue weighted by Gasteiger charge is 2.24. The molecule has 0 bridgehead atoms. The average Bonchev–Trinajstić information content (AvgIpc) is 2.92. The van der Waals surface area contributed by atoms with Crippen LogP contribution in [0.15, 0.2) is 16.9 Å². The van der Waals surface area contributed by atoms with Crippen molar-refractivity contribution in [1.29, 1.82) is 0 Å². The molecule has 142 valence electrons. The van der Waals surface area contributed by atoms with Gasteiger partial charge in [0.15, 0.2) is 11.6 Å². The molecule has 2 aliphatic rings. The second-order valence-electron chi connectivity index (χ2n) is 6.99. The van der Waals surface area contributed by atoms with Crippen molar-refractivity contribution in [1.82, 2.24) is 19.4 Å². The summed E-state index contributed by atoms with van der Waals surface area (Å²) in [7, 11) is 0. The predicted molar refractivity (Wildman–Crippen MR) is 94.5 cm³/mol. The number of ether oxygens (including phenoxy) is 1. The molecule has 4 rings (SSSR count). The Bertz CT molecular complexity index is 836. The molecule has 26 heavy (non-hydrogen) atoms. The van der Waals surface area contributed by atoms with Gasteiger partial charge in [-0.3, -0.25) is 14.0 Å². The molecule has 0 radical (unpaired) electrons. The lowest BCUT2D eigenvalue weighted by Crippen LogP contribution is -2.40. The number of hydrogen-bond donors (Lipinski definition) is 1. The first-order chi connectivity index (χ1) is 12.6. The van der Waals surface area contributed by atoms with Crippen LogP contribution in [-0.4, -0.2) is 60.0 Å². The van der Waals surface area contributed by atoms with E-state index in [1.165, 1.54) is 6.07 Å². The van der Waals surface area contributed by atoms with Crippen molar-refractivity contribution in [3.63, 3.8) is 0 Å². The highest BCUT2D eigenvalue weighted by atomic mass is 19.2. The fourth-order valence-corrected chi connectivity index (χ4v) is 3.97. The standard InChI is InChI=1S/C18H24F2N4O2/c19-14-11-16-17(12-15(14)20)24(13-1-3-21-4-2-13)18(25)23(16)6-5-22-7-9-26-10-8-22/h11-13,21H,1-10H2. The molecule has 3 heterocycles. The van der Waals surface area contributed by atoms with Gasteiger partial charge in [-0.25, -0.2) is 13.6 Å². The molecular formula is C18H24F2N4O2. The van der Waals surface area contributed by atoms with Crippen molar-refractivity contribution >= 4 is 11.0 Å². The summed E-state index contributed by atoms with van der Waals surface area (Å²) < 4.78 is 36.4. The van der Waals surface area contributed by atoms with Gasteiger partial charge >= 0.3 is 5.69 Å². The van der Waals surface area contributed by atoms with Gasteiger partial charge in [-0.15, -0.1) is 0 Å². The van der Waals surface area contributed by atoms with Gasteiger partial charge in [0.2, 0.25) is 0 Å². The van der Waals surface area contributed by atoms with Crippen LogP contribution in [0.1, 0.15) is 18.9 Å². The van der Waals surface area contributed by atoms with Gasteiger partial charge in [0, 0.05) is 44.4 Å². The minimum atomic E-state index is -0.917. The lowest BCUT2D eigenvalue weighted by molar-refractivity contribution is 0.0364. The number of halogens is 2. The van der Waals surface area contributed by atoms with Gasteiger partial charge in [-0.2, -0.15) is 0 Å². The number of nitrogens with zero attached hydrogens (tertiary/aromatic N) is 3. The number of rotatable bonds is 4. The topological polar surface area (TPSA) is 51.4 Å². The molecule has 1 aromatic carbocycles. The normalized spacial score (nSPS) is 20.1. The van der Waals surface area contributed by atoms with Crippen LogP contribution in [0.3, 0.4) is 0 Å². The second kappa shape index (κ2) is 7.46. The molecule has 2 saturated heterocycles. The van der Waals surface area contributed by atoms with E-state index >= 15 is 0 Å². The molecule has 0 amide bonds. The summed E-state index contributed by atoms with van der Waals surface area (Å²) in [5.41, 5.74) is 0.786. The molecule has 0 atom stereocenters. The van der Waals surface area contributed by atoms with Gasteiger partial charge in [-0.05, 0) is 25.9 Å². The molecule has 1 N–H and O–H groups in total. The minimum absolute atomic E-state index is 0.0146. The Morgan fingerprint density at radius 1 is 1.04 bits per heavy atom. The summed E-state index contributed by atoms with van der Waals surface area (Å²) in [4.78, 5) is 15.3. The Morgan fingerprint density at radius 2 is 1.69 bits per heavy atom. The van der Waals surface area contributed by atoms with E-state index in [2.05, 4.69) is 10.2 Å². The van der Waals surface area contributed by atoms with E-state index in [1.807, 2.05) is 0 Å². The monoisotopic (exact) mass is 366 g/mol. The number of morpholine rings is 1. The summed E-state index contributed by atoms with van der Waals surface area (Å²) >= 11 is 0. The third-order valence-electron chi connectivity index (χ3n) is 5.42. The van der Waals surface area contributed by atoms with Gasteiger partial charge in [0.05, 0.1) is 24.2 Å². The van der Waals surface area contributed by atoms with Crippen LogP contribution in [0.5, 0.6) is 0 Å². The maximum atomic E-state index is 13.9. The molecule has 8 heteroatoms. The van der Waals surface area contributed by atoms with Crippen LogP contribution in [0.25, 0.3) is 11.0 Å². The Morgan fingerprint density at radius 3 is 2.38 bits per heavy atom. The molecule has 0 aliphatic carbocycles. The fraction of sp³-hybridized carbons (Fsp3) is 0.611. The van der Waals surface area contributed by atoms with Gasteiger partial charge in [0.25, 0.3) is 0 Å². The minimum Gasteiger partial charge on any atom is -0.379 e. The molecular weight excluding hydrogens is 342 g/mol. The molecule has 0 spiro atoms. The zero-order valence-corrected chi connectivity index (χ0v) is 14.7. The molecule has 2 aliphatic heterocycles. The zero-order chi connectivity index (χ0) is 18.1. The summed E-state index contributed by atoms with van der Waals surface area (Å²) in [6, 6.07) is 2.34. The molecule has 0 unspecified atom stereocenters. The Hall–Kier alpha value is -1.77. The molecule has 1 aromatic heterocycles. The maximum absolute atomic E-state index is 13.9. The number of hydrogen-bond acceptors (Lipinski definition) is 4. The van der Waals surface area contributed by atoms with Gasteiger partial charge < -0.3 is 10.1 Å². The summed E-state index contributed by atoms with van der Waals surface area (Å²) in [5.74, 6) is -1.83. The first-order valence-electron chi connectivity index (χ1n) is 9.26. The molecule has 0 saturated carbocycles. The van der Waals surface area contributed by atoms with Crippen molar-refractivity contribution in [2.75, 3.05) is 45.9 Å². The van der Waals surface area contributed by atoms with Crippen LogP contribution in [0.4, 0.5) is 8.78 Å². The van der Waals surface area contributed by atoms with E-state index in [0.717, 1.165) is 45.1 Å². The zero-order valence-electron chi connectivity index (χ0n) is 14.7. The summed E-state index contributed by atoms with van der Waals surface area (Å²) in [6.07, 6.45) is 1.61. The maximum Gasteiger partial charge on any atom is 0.329 e. The second-order valence-corrected chi connectivity index (χ2v) is 6.99. The fourth-order valence-electron chi connectivity index (χ4n) is 3.97. The third-order valence-corrected chi connectivity index (χ3v) is 5.42. The van der Waals surface area contributed by atoms with Crippen molar-refractivity contribution < 1.29 is 13.5 Å². The van der Waals surface area contributed by atoms with Crippen LogP contribution in [0, 0.1) is 11.6 Å². The lowest BCUT2D eigenvalue weighted by Gasteiger charge is -2.26. The molecule has 6 nitrogen and oxygen atoms in total. The Kier molecular flexibility index (Phi) is 5.06. The van der Waals surface area contributed by atoms with Gasteiger partial charge in [0.1, 0.15) is 0 Å². The Labute approximate surface area is 150 Å². The van der Waals surface area contributed by atoms with E-state index in [1.54, 1.807) is 9.13 Å². The van der Waals surface area contributed by atoms with Crippen molar-refractivity contribution in [2.45, 2.75) is 25.4 Å². The van der Waals surface area contributed by atoms with Crippen LogP contribution in [-0.2, 0) is 11.3 Å². The van der Waals surface area contributed by atoms with Crippen molar-refractivity contribution in [3.8, 4) is 0 Å². The quantitative estimate of drug-likeness (QED) is 0.887. The lowest BCUT2D eigenvalue weighted by atomic mass is 10.1. The number of piperidine rings is 1. The largest absolute Gasteiger partial charge is 0.379 e.